The Morgan fingerprint density at radius 3 is 2.47 bits per heavy atom. The largest absolute Gasteiger partial charge is 0.396 e. The van der Waals surface area contributed by atoms with Crippen LogP contribution in [-0.4, -0.2) is 89.6 Å². The molecule has 1 saturated carbocycles. The summed E-state index contributed by atoms with van der Waals surface area (Å²) >= 11 is 0. The summed E-state index contributed by atoms with van der Waals surface area (Å²) in [5.41, 5.74) is 7.85. The molecule has 8 heteroatoms. The van der Waals surface area contributed by atoms with E-state index in [1.165, 1.54) is 42.7 Å². The van der Waals surface area contributed by atoms with Crippen LogP contribution in [0.5, 0.6) is 0 Å². The number of likely N-dealkylation sites (N-methyl/N-ethyl adjacent to an activating group) is 1. The van der Waals surface area contributed by atoms with Gasteiger partial charge in [0.15, 0.2) is 0 Å². The summed E-state index contributed by atoms with van der Waals surface area (Å²) in [6, 6.07) is 8.23. The molecule has 1 heterocycles. The molecular formula is C24H40N4O4. The van der Waals surface area contributed by atoms with Crippen LogP contribution in [0.3, 0.4) is 0 Å². The van der Waals surface area contributed by atoms with Gasteiger partial charge in [0.05, 0.1) is 19.8 Å². The predicted octanol–water partition coefficient (Wildman–Crippen LogP) is 0.953. The molecule has 32 heavy (non-hydrogen) atoms. The van der Waals surface area contributed by atoms with Crippen molar-refractivity contribution < 1.29 is 19.8 Å². The van der Waals surface area contributed by atoms with Gasteiger partial charge in [-0.3, -0.25) is 14.5 Å². The molecule has 0 spiro atoms. The predicted molar refractivity (Wildman–Crippen MR) is 123 cm³/mol. The number of aliphatic hydroxyl groups is 2. The Labute approximate surface area is 191 Å². The zero-order valence-electron chi connectivity index (χ0n) is 19.5. The number of amides is 1. The highest BCUT2D eigenvalue weighted by Crippen LogP contribution is 2.29. The summed E-state index contributed by atoms with van der Waals surface area (Å²) < 4.78 is 0. The number of primary amides is 1. The molecule has 1 aromatic rings. The van der Waals surface area contributed by atoms with Crippen LogP contribution in [-0.2, 0) is 22.7 Å². The summed E-state index contributed by atoms with van der Waals surface area (Å²) in [6.07, 6.45) is 5.85. The molecule has 1 aliphatic carbocycles. The fraction of sp³-hybridized carbons (Fsp3) is 0.708. The zero-order valence-corrected chi connectivity index (χ0v) is 19.5. The lowest BCUT2D eigenvalue weighted by molar-refractivity contribution is -0.180. The number of hydroxylamine groups is 2. The molecule has 3 atom stereocenters. The van der Waals surface area contributed by atoms with Crippen molar-refractivity contribution in [3.63, 3.8) is 0 Å². The second-order valence-corrected chi connectivity index (χ2v) is 9.48. The van der Waals surface area contributed by atoms with Crippen LogP contribution in [0.1, 0.15) is 43.2 Å². The second-order valence-electron chi connectivity index (χ2n) is 9.48. The molecule has 3 rings (SSSR count). The Morgan fingerprint density at radius 1 is 1.12 bits per heavy atom. The Balaban J connectivity index is 1.71. The molecule has 1 amide bonds. The molecule has 8 nitrogen and oxygen atoms in total. The lowest BCUT2D eigenvalue weighted by atomic mass is 9.93. The van der Waals surface area contributed by atoms with Gasteiger partial charge in [-0.2, -0.15) is 5.06 Å². The smallest absolute Gasteiger partial charge is 0.237 e. The first-order valence-electron chi connectivity index (χ1n) is 11.8. The van der Waals surface area contributed by atoms with Gasteiger partial charge in [0.1, 0.15) is 12.1 Å². The number of nitrogens with two attached hydrogens (primary N) is 1. The Morgan fingerprint density at radius 2 is 1.84 bits per heavy atom. The molecule has 2 aliphatic rings. The number of carbonyl (C=O) groups excluding carboxylic acids is 1. The van der Waals surface area contributed by atoms with Crippen LogP contribution < -0.4 is 5.73 Å². The highest BCUT2D eigenvalue weighted by atomic mass is 16.7. The topological polar surface area (TPSA) is 102 Å². The number of nitrogens with zero attached hydrogens (tertiary/aromatic N) is 3. The Hall–Kier alpha value is -1.55. The summed E-state index contributed by atoms with van der Waals surface area (Å²) in [4.78, 5) is 22.7. The van der Waals surface area contributed by atoms with Crippen molar-refractivity contribution in [2.24, 2.45) is 11.7 Å². The SMILES string of the molecule is CN(C)CCN(Cc1cccc(CN2OC(CO)[C@@H](CO)[C@H]2C(N)=O)c1)C1CCCCC1. The molecular weight excluding hydrogens is 408 g/mol. The lowest BCUT2D eigenvalue weighted by Gasteiger charge is -2.35. The normalized spacial score (nSPS) is 25.1. The van der Waals surface area contributed by atoms with Crippen molar-refractivity contribution >= 4 is 5.91 Å². The second kappa shape index (κ2) is 12.1. The monoisotopic (exact) mass is 448 g/mol. The number of carbonyl (C=O) groups is 1. The maximum absolute atomic E-state index is 12.0. The highest BCUT2D eigenvalue weighted by Gasteiger charge is 2.45. The number of benzene rings is 1. The Kier molecular flexibility index (Phi) is 9.46. The molecule has 4 N–H and O–H groups in total. The third kappa shape index (κ3) is 6.50. The average Bonchev–Trinajstić information content (AvgIpc) is 3.14. The molecule has 0 bridgehead atoms. The molecule has 1 aliphatic heterocycles. The zero-order chi connectivity index (χ0) is 23.1. The lowest BCUT2D eigenvalue weighted by Crippen LogP contribution is -2.44. The van der Waals surface area contributed by atoms with Crippen molar-refractivity contribution in [2.75, 3.05) is 40.4 Å². The van der Waals surface area contributed by atoms with E-state index in [0.29, 0.717) is 12.6 Å². The summed E-state index contributed by atoms with van der Waals surface area (Å²) in [6.45, 7) is 2.80. The highest BCUT2D eigenvalue weighted by molar-refractivity contribution is 5.80. The van der Waals surface area contributed by atoms with Gasteiger partial charge < -0.3 is 20.8 Å². The number of rotatable bonds is 11. The number of hydrogen-bond acceptors (Lipinski definition) is 7. The van der Waals surface area contributed by atoms with Gasteiger partial charge in [0.2, 0.25) is 5.91 Å². The minimum atomic E-state index is -0.764. The van der Waals surface area contributed by atoms with E-state index >= 15 is 0 Å². The number of hydrogen-bond donors (Lipinski definition) is 3. The van der Waals surface area contributed by atoms with Gasteiger partial charge in [-0.15, -0.1) is 0 Å². The van der Waals surface area contributed by atoms with E-state index < -0.39 is 24.0 Å². The van der Waals surface area contributed by atoms with Crippen molar-refractivity contribution in [1.29, 1.82) is 0 Å². The van der Waals surface area contributed by atoms with Crippen molar-refractivity contribution in [3.8, 4) is 0 Å². The first kappa shape index (κ1) is 25.1. The van der Waals surface area contributed by atoms with E-state index in [0.717, 1.165) is 25.2 Å². The van der Waals surface area contributed by atoms with Gasteiger partial charge in [-0.1, -0.05) is 43.5 Å². The van der Waals surface area contributed by atoms with Gasteiger partial charge in [0, 0.05) is 31.6 Å². The third-order valence-corrected chi connectivity index (χ3v) is 6.79. The maximum atomic E-state index is 12.0. The van der Waals surface area contributed by atoms with Gasteiger partial charge >= 0.3 is 0 Å². The van der Waals surface area contributed by atoms with Crippen LogP contribution in [0, 0.1) is 5.92 Å². The van der Waals surface area contributed by atoms with E-state index in [1.807, 2.05) is 12.1 Å². The van der Waals surface area contributed by atoms with Crippen LogP contribution in [0.25, 0.3) is 0 Å². The molecule has 1 unspecified atom stereocenters. The van der Waals surface area contributed by atoms with Crippen LogP contribution >= 0.6 is 0 Å². The molecule has 1 saturated heterocycles. The molecule has 180 valence electrons. The average molecular weight is 449 g/mol. The minimum absolute atomic E-state index is 0.266. The fourth-order valence-electron chi connectivity index (χ4n) is 5.02. The first-order valence-corrected chi connectivity index (χ1v) is 11.8. The van der Waals surface area contributed by atoms with Crippen molar-refractivity contribution in [2.45, 2.75) is 63.4 Å². The van der Waals surface area contributed by atoms with E-state index in [1.54, 1.807) is 0 Å². The maximum Gasteiger partial charge on any atom is 0.237 e. The van der Waals surface area contributed by atoms with Crippen LogP contribution in [0.15, 0.2) is 24.3 Å². The van der Waals surface area contributed by atoms with Crippen LogP contribution in [0.4, 0.5) is 0 Å². The third-order valence-electron chi connectivity index (χ3n) is 6.79. The fourth-order valence-corrected chi connectivity index (χ4v) is 5.02. The van der Waals surface area contributed by atoms with E-state index in [2.05, 4.69) is 36.0 Å². The standard InChI is InChI=1S/C24H40N4O4/c1-26(2)11-12-27(20-9-4-3-5-10-20)14-18-7-6-8-19(13-18)15-28-23(24(25)31)21(16-29)22(17-30)32-28/h6-8,13,20-23,29-30H,3-5,9-12,14-17H2,1-2H3,(H2,25,31)/t21-,22?,23+/m1/s1. The van der Waals surface area contributed by atoms with E-state index in [-0.39, 0.29) is 13.2 Å². The van der Waals surface area contributed by atoms with Crippen molar-refractivity contribution in [1.82, 2.24) is 14.9 Å². The molecule has 2 fully saturated rings. The van der Waals surface area contributed by atoms with Crippen LogP contribution in [0.2, 0.25) is 0 Å². The number of aliphatic hydroxyl groups excluding tert-OH is 2. The molecule has 0 aromatic heterocycles. The van der Waals surface area contributed by atoms with Gasteiger partial charge in [-0.25, -0.2) is 0 Å². The quantitative estimate of drug-likeness (QED) is 0.463. The Bertz CT molecular complexity index is 726. The van der Waals surface area contributed by atoms with E-state index in [4.69, 9.17) is 10.6 Å². The minimum Gasteiger partial charge on any atom is -0.396 e. The molecule has 1 aromatic carbocycles. The van der Waals surface area contributed by atoms with E-state index in [9.17, 15) is 15.0 Å². The molecule has 0 radical (unpaired) electrons. The van der Waals surface area contributed by atoms with Crippen molar-refractivity contribution in [3.05, 3.63) is 35.4 Å². The summed E-state index contributed by atoms with van der Waals surface area (Å²) in [7, 11) is 4.23. The van der Waals surface area contributed by atoms with Gasteiger partial charge in [-0.05, 0) is 38.1 Å². The summed E-state index contributed by atoms with van der Waals surface area (Å²) in [5, 5.41) is 20.8. The van der Waals surface area contributed by atoms with Gasteiger partial charge in [0.25, 0.3) is 0 Å². The first-order chi connectivity index (χ1) is 15.4. The summed E-state index contributed by atoms with van der Waals surface area (Å²) in [5.74, 6) is -1.09.